The monoisotopic (exact) mass is 314 g/mol. The molecule has 0 aliphatic rings. The quantitative estimate of drug-likeness (QED) is 0.722. The molecule has 0 saturated carbocycles. The van der Waals surface area contributed by atoms with E-state index in [4.69, 9.17) is 4.74 Å². The van der Waals surface area contributed by atoms with Gasteiger partial charge in [0, 0.05) is 25.6 Å². The molecule has 0 radical (unpaired) electrons. The van der Waals surface area contributed by atoms with Crippen LogP contribution in [0, 0.1) is 6.92 Å². The van der Waals surface area contributed by atoms with Crippen LogP contribution in [0.1, 0.15) is 25.0 Å². The minimum absolute atomic E-state index is 0. The number of ether oxygens (including phenoxy) is 1. The molecule has 0 aliphatic carbocycles. The van der Waals surface area contributed by atoms with Crippen molar-refractivity contribution in [3.63, 3.8) is 0 Å². The Morgan fingerprint density at radius 3 is 2.43 bits per heavy atom. The van der Waals surface area contributed by atoms with E-state index in [-0.39, 0.29) is 23.7 Å². The van der Waals surface area contributed by atoms with Crippen molar-refractivity contribution < 1.29 is 9.53 Å². The normalized spacial score (nSPS) is 10.9. The highest BCUT2D eigenvalue weighted by atomic mass is 35.5. The molecule has 2 N–H and O–H groups in total. The first-order valence-corrected chi connectivity index (χ1v) is 6.99. The average Bonchev–Trinajstić information content (AvgIpc) is 2.42. The second kappa shape index (κ2) is 9.77. The molecule has 0 unspecified atom stereocenters. The lowest BCUT2D eigenvalue weighted by Crippen LogP contribution is -2.41. The van der Waals surface area contributed by atoms with Crippen molar-refractivity contribution in [2.75, 3.05) is 33.4 Å². The van der Waals surface area contributed by atoms with E-state index in [0.717, 1.165) is 0 Å². The number of amides is 1. The second-order valence-corrected chi connectivity index (χ2v) is 5.70. The molecular formula is C16H27ClN2O2. The number of halogens is 1. The van der Waals surface area contributed by atoms with Crippen molar-refractivity contribution >= 4 is 18.3 Å². The third-order valence-corrected chi connectivity index (χ3v) is 3.33. The van der Waals surface area contributed by atoms with Crippen LogP contribution >= 0.6 is 12.4 Å². The van der Waals surface area contributed by atoms with Crippen LogP contribution in [0.5, 0.6) is 0 Å². The largest absolute Gasteiger partial charge is 0.383 e. The summed E-state index contributed by atoms with van der Waals surface area (Å²) in [5.74, 6) is 0.0151. The Bertz CT molecular complexity index is 419. The lowest BCUT2D eigenvalue weighted by molar-refractivity contribution is -0.120. The summed E-state index contributed by atoms with van der Waals surface area (Å²) in [5, 5.41) is 6.00. The Balaban J connectivity index is 0.00000400. The second-order valence-electron chi connectivity index (χ2n) is 5.70. The summed E-state index contributed by atoms with van der Waals surface area (Å²) in [7, 11) is 1.64. The minimum atomic E-state index is -0.0735. The molecule has 0 aliphatic heterocycles. The molecule has 0 atom stereocenters. The minimum Gasteiger partial charge on any atom is -0.383 e. The standard InChI is InChI=1S/C16H26N2O2.ClH/c1-13-5-7-14(8-6-13)16(2,3)12-18-15(19)11-17-9-10-20-4;/h5-8,17H,9-12H2,1-4H3,(H,18,19);1H. The van der Waals surface area contributed by atoms with Gasteiger partial charge in [-0.2, -0.15) is 0 Å². The molecule has 0 fully saturated rings. The number of rotatable bonds is 8. The summed E-state index contributed by atoms with van der Waals surface area (Å²) in [6.07, 6.45) is 0. The zero-order valence-electron chi connectivity index (χ0n) is 13.4. The summed E-state index contributed by atoms with van der Waals surface area (Å²) in [4.78, 5) is 11.7. The van der Waals surface area contributed by atoms with Gasteiger partial charge in [0.05, 0.1) is 13.2 Å². The van der Waals surface area contributed by atoms with Crippen molar-refractivity contribution in [3.05, 3.63) is 35.4 Å². The van der Waals surface area contributed by atoms with E-state index in [2.05, 4.69) is 55.7 Å². The first-order chi connectivity index (χ1) is 9.45. The van der Waals surface area contributed by atoms with Crippen LogP contribution in [0.4, 0.5) is 0 Å². The maximum atomic E-state index is 11.7. The number of carbonyl (C=O) groups is 1. The molecule has 120 valence electrons. The predicted octanol–water partition coefficient (Wildman–Crippen LogP) is 2.05. The summed E-state index contributed by atoms with van der Waals surface area (Å²) in [6.45, 7) is 8.60. The first kappa shape index (κ1) is 19.9. The molecule has 5 heteroatoms. The Morgan fingerprint density at radius 2 is 1.86 bits per heavy atom. The van der Waals surface area contributed by atoms with Gasteiger partial charge in [-0.25, -0.2) is 0 Å². The van der Waals surface area contributed by atoms with E-state index >= 15 is 0 Å². The zero-order chi connectivity index (χ0) is 15.0. The summed E-state index contributed by atoms with van der Waals surface area (Å²) in [5.41, 5.74) is 2.40. The fraction of sp³-hybridized carbons (Fsp3) is 0.562. The van der Waals surface area contributed by atoms with Gasteiger partial charge >= 0.3 is 0 Å². The molecule has 0 heterocycles. The highest BCUT2D eigenvalue weighted by molar-refractivity contribution is 5.85. The van der Waals surface area contributed by atoms with Gasteiger partial charge in [-0.1, -0.05) is 43.7 Å². The Morgan fingerprint density at radius 1 is 1.24 bits per heavy atom. The lowest BCUT2D eigenvalue weighted by atomic mass is 9.84. The van der Waals surface area contributed by atoms with Crippen molar-refractivity contribution in [2.24, 2.45) is 0 Å². The number of nitrogens with one attached hydrogen (secondary N) is 2. The molecule has 0 spiro atoms. The van der Waals surface area contributed by atoms with Gasteiger partial charge in [-0.3, -0.25) is 4.79 Å². The lowest BCUT2D eigenvalue weighted by Gasteiger charge is -2.26. The average molecular weight is 315 g/mol. The molecule has 0 bridgehead atoms. The number of hydrogen-bond acceptors (Lipinski definition) is 3. The zero-order valence-corrected chi connectivity index (χ0v) is 14.2. The van der Waals surface area contributed by atoms with Crippen LogP contribution in [0.15, 0.2) is 24.3 Å². The van der Waals surface area contributed by atoms with Crippen molar-refractivity contribution in [1.29, 1.82) is 0 Å². The third kappa shape index (κ3) is 7.46. The van der Waals surface area contributed by atoms with E-state index in [1.807, 2.05) is 0 Å². The molecule has 1 aromatic carbocycles. The van der Waals surface area contributed by atoms with Gasteiger partial charge in [0.15, 0.2) is 0 Å². The van der Waals surface area contributed by atoms with Crippen LogP contribution in [0.2, 0.25) is 0 Å². The van der Waals surface area contributed by atoms with Crippen molar-refractivity contribution in [3.8, 4) is 0 Å². The Hall–Kier alpha value is -1.10. The van der Waals surface area contributed by atoms with Gasteiger partial charge < -0.3 is 15.4 Å². The maximum absolute atomic E-state index is 11.7. The molecule has 0 saturated heterocycles. The smallest absolute Gasteiger partial charge is 0.233 e. The highest BCUT2D eigenvalue weighted by Crippen LogP contribution is 2.22. The molecule has 1 rings (SSSR count). The van der Waals surface area contributed by atoms with Gasteiger partial charge in [0.1, 0.15) is 0 Å². The third-order valence-electron chi connectivity index (χ3n) is 3.33. The van der Waals surface area contributed by atoms with Crippen molar-refractivity contribution in [1.82, 2.24) is 10.6 Å². The maximum Gasteiger partial charge on any atom is 0.233 e. The van der Waals surface area contributed by atoms with E-state index in [1.54, 1.807) is 7.11 Å². The Labute approximate surface area is 134 Å². The number of methoxy groups -OCH3 is 1. The molecule has 4 nitrogen and oxygen atoms in total. The molecule has 0 aromatic heterocycles. The van der Waals surface area contributed by atoms with E-state index in [0.29, 0.717) is 26.2 Å². The number of aryl methyl sites for hydroxylation is 1. The number of hydrogen-bond donors (Lipinski definition) is 2. The first-order valence-electron chi connectivity index (χ1n) is 6.99. The van der Waals surface area contributed by atoms with E-state index in [9.17, 15) is 4.79 Å². The molecular weight excluding hydrogens is 288 g/mol. The SMILES string of the molecule is COCCNCC(=O)NCC(C)(C)c1ccc(C)cc1.Cl. The highest BCUT2D eigenvalue weighted by Gasteiger charge is 2.21. The summed E-state index contributed by atoms with van der Waals surface area (Å²) >= 11 is 0. The van der Waals surface area contributed by atoms with Crippen LogP contribution in [-0.4, -0.2) is 39.3 Å². The topological polar surface area (TPSA) is 50.4 Å². The van der Waals surface area contributed by atoms with Gasteiger partial charge in [0.2, 0.25) is 5.91 Å². The molecule has 21 heavy (non-hydrogen) atoms. The van der Waals surface area contributed by atoms with Gasteiger partial charge in [-0.15, -0.1) is 12.4 Å². The fourth-order valence-electron chi connectivity index (χ4n) is 1.87. The van der Waals surface area contributed by atoms with Crippen LogP contribution < -0.4 is 10.6 Å². The van der Waals surface area contributed by atoms with Gasteiger partial charge in [0.25, 0.3) is 0 Å². The number of benzene rings is 1. The molecule has 1 aromatic rings. The van der Waals surface area contributed by atoms with Crippen molar-refractivity contribution in [2.45, 2.75) is 26.2 Å². The van der Waals surface area contributed by atoms with Gasteiger partial charge in [-0.05, 0) is 12.5 Å². The predicted molar refractivity (Wildman–Crippen MR) is 89.2 cm³/mol. The van der Waals surface area contributed by atoms with Crippen LogP contribution in [0.3, 0.4) is 0 Å². The number of carbonyl (C=O) groups excluding carboxylic acids is 1. The van der Waals surface area contributed by atoms with Crippen LogP contribution in [0.25, 0.3) is 0 Å². The molecule has 1 amide bonds. The van der Waals surface area contributed by atoms with E-state index in [1.165, 1.54) is 11.1 Å². The summed E-state index contributed by atoms with van der Waals surface area (Å²) in [6, 6.07) is 8.45. The van der Waals surface area contributed by atoms with E-state index < -0.39 is 0 Å². The van der Waals surface area contributed by atoms with Crippen LogP contribution in [-0.2, 0) is 14.9 Å². The summed E-state index contributed by atoms with van der Waals surface area (Å²) < 4.78 is 4.91. The fourth-order valence-corrected chi connectivity index (χ4v) is 1.87. The Kier molecular flexibility index (Phi) is 9.26.